The van der Waals surface area contributed by atoms with Gasteiger partial charge in [-0.3, -0.25) is 4.57 Å². The van der Waals surface area contributed by atoms with Crippen LogP contribution in [0, 0.1) is 0 Å². The lowest BCUT2D eigenvalue weighted by Gasteiger charge is -2.09. The van der Waals surface area contributed by atoms with E-state index in [1.807, 2.05) is 41.0 Å². The second kappa shape index (κ2) is 4.92. The van der Waals surface area contributed by atoms with E-state index >= 15 is 0 Å². The summed E-state index contributed by atoms with van der Waals surface area (Å²) in [5.74, 6) is 0.465. The summed E-state index contributed by atoms with van der Waals surface area (Å²) in [5, 5.41) is 0. The molecule has 3 nitrogen and oxygen atoms in total. The van der Waals surface area contributed by atoms with Crippen LogP contribution in [0.5, 0.6) is 0 Å². The van der Waals surface area contributed by atoms with Gasteiger partial charge in [0.2, 0.25) is 5.95 Å². The first kappa shape index (κ1) is 13.1. The predicted molar refractivity (Wildman–Crippen MR) is 88.6 cm³/mol. The fourth-order valence-corrected chi connectivity index (χ4v) is 3.10. The van der Waals surface area contributed by atoms with Gasteiger partial charge in [0.15, 0.2) is 0 Å². The number of rotatable bonds is 1. The van der Waals surface area contributed by atoms with Crippen molar-refractivity contribution >= 4 is 64.8 Å². The highest BCUT2D eigenvalue weighted by molar-refractivity contribution is 9.11. The number of hydrogen-bond donors (Lipinski definition) is 1. The second-order valence-corrected chi connectivity index (χ2v) is 6.72. The molecule has 0 atom stereocenters. The highest BCUT2D eigenvalue weighted by Crippen LogP contribution is 2.31. The van der Waals surface area contributed by atoms with E-state index in [0.29, 0.717) is 5.95 Å². The van der Waals surface area contributed by atoms with Crippen molar-refractivity contribution in [2.75, 3.05) is 5.73 Å². The van der Waals surface area contributed by atoms with Crippen LogP contribution in [-0.4, -0.2) is 9.55 Å². The highest BCUT2D eigenvalue weighted by atomic mass is 79.9. The molecule has 96 valence electrons. The van der Waals surface area contributed by atoms with Crippen molar-refractivity contribution in [3.8, 4) is 5.69 Å². The average Bonchev–Trinajstić information content (AvgIpc) is 2.68. The fourth-order valence-electron chi connectivity index (χ4n) is 1.98. The Bertz CT molecular complexity index is 780. The van der Waals surface area contributed by atoms with Gasteiger partial charge in [0.25, 0.3) is 0 Å². The third-order valence-corrected chi connectivity index (χ3v) is 4.45. The largest absolute Gasteiger partial charge is 0.369 e. The molecule has 0 aliphatic heterocycles. The van der Waals surface area contributed by atoms with Crippen LogP contribution in [0.2, 0.25) is 0 Å². The number of fused-ring (bicyclic) bond motifs is 1. The molecule has 0 radical (unpaired) electrons. The molecule has 0 bridgehead atoms. The van der Waals surface area contributed by atoms with Crippen molar-refractivity contribution in [3.63, 3.8) is 0 Å². The first-order valence-corrected chi connectivity index (χ1v) is 7.83. The van der Waals surface area contributed by atoms with Crippen molar-refractivity contribution in [2.24, 2.45) is 0 Å². The van der Waals surface area contributed by atoms with Crippen LogP contribution in [-0.2, 0) is 0 Å². The summed E-state index contributed by atoms with van der Waals surface area (Å²) in [6.07, 6.45) is 0. The molecule has 0 aliphatic rings. The van der Waals surface area contributed by atoms with Gasteiger partial charge in [0, 0.05) is 13.4 Å². The molecule has 3 aromatic rings. The monoisotopic (exact) mass is 443 g/mol. The fraction of sp³-hybridized carbons (Fsp3) is 0. The summed E-state index contributed by atoms with van der Waals surface area (Å²) in [5.41, 5.74) is 8.84. The molecule has 0 fully saturated rings. The number of imidazole rings is 1. The number of halogens is 3. The number of aromatic nitrogens is 2. The third kappa shape index (κ3) is 2.32. The van der Waals surface area contributed by atoms with Crippen LogP contribution in [0.3, 0.4) is 0 Å². The summed E-state index contributed by atoms with van der Waals surface area (Å²) >= 11 is 10.5. The number of nitrogens with two attached hydrogens (primary N) is 1. The van der Waals surface area contributed by atoms with E-state index in [4.69, 9.17) is 5.73 Å². The average molecular weight is 446 g/mol. The molecule has 1 heterocycles. The number of anilines is 1. The smallest absolute Gasteiger partial charge is 0.205 e. The second-order valence-electron chi connectivity index (χ2n) is 4.03. The molecular weight excluding hydrogens is 438 g/mol. The lowest BCUT2D eigenvalue weighted by Crippen LogP contribution is -2.01. The van der Waals surface area contributed by atoms with Crippen LogP contribution in [0.1, 0.15) is 0 Å². The molecule has 0 aliphatic carbocycles. The van der Waals surface area contributed by atoms with Gasteiger partial charge in [-0.2, -0.15) is 0 Å². The number of nitrogen functional groups attached to an aromatic ring is 1. The Balaban J connectivity index is 2.38. The van der Waals surface area contributed by atoms with Crippen molar-refractivity contribution < 1.29 is 0 Å². The van der Waals surface area contributed by atoms with E-state index in [9.17, 15) is 0 Å². The summed E-state index contributed by atoms with van der Waals surface area (Å²) < 4.78 is 4.87. The Labute approximate surface area is 135 Å². The van der Waals surface area contributed by atoms with Gasteiger partial charge in [-0.25, -0.2) is 4.98 Å². The highest BCUT2D eigenvalue weighted by Gasteiger charge is 2.13. The van der Waals surface area contributed by atoms with Crippen molar-refractivity contribution in [3.05, 3.63) is 49.8 Å². The minimum atomic E-state index is 0.465. The first-order chi connectivity index (χ1) is 9.06. The van der Waals surface area contributed by atoms with Gasteiger partial charge in [0.1, 0.15) is 0 Å². The molecule has 2 N–H and O–H groups in total. The normalized spacial score (nSPS) is 11.1. The van der Waals surface area contributed by atoms with Crippen LogP contribution in [0.15, 0.2) is 49.8 Å². The van der Waals surface area contributed by atoms with Gasteiger partial charge >= 0.3 is 0 Å². The number of hydrogen-bond acceptors (Lipinski definition) is 2. The molecule has 0 amide bonds. The summed E-state index contributed by atoms with van der Waals surface area (Å²) in [7, 11) is 0. The van der Waals surface area contributed by atoms with E-state index in [1.54, 1.807) is 0 Å². The van der Waals surface area contributed by atoms with Crippen LogP contribution < -0.4 is 5.73 Å². The maximum atomic E-state index is 6.05. The minimum Gasteiger partial charge on any atom is -0.369 e. The number of benzene rings is 2. The Morgan fingerprint density at radius 1 is 0.947 bits per heavy atom. The van der Waals surface area contributed by atoms with Crippen LogP contribution in [0.4, 0.5) is 5.95 Å². The minimum absolute atomic E-state index is 0.465. The topological polar surface area (TPSA) is 43.8 Å². The Morgan fingerprint density at radius 3 is 2.42 bits per heavy atom. The third-order valence-electron chi connectivity index (χ3n) is 2.79. The van der Waals surface area contributed by atoms with Crippen molar-refractivity contribution in [1.82, 2.24) is 9.55 Å². The molecule has 6 heteroatoms. The van der Waals surface area contributed by atoms with E-state index in [-0.39, 0.29) is 0 Å². The number of nitrogens with zero attached hydrogens (tertiary/aromatic N) is 2. The molecule has 19 heavy (non-hydrogen) atoms. The quantitative estimate of drug-likeness (QED) is 0.579. The summed E-state index contributed by atoms with van der Waals surface area (Å²) in [4.78, 5) is 4.39. The van der Waals surface area contributed by atoms with Crippen molar-refractivity contribution in [2.45, 2.75) is 0 Å². The molecule has 0 unspecified atom stereocenters. The van der Waals surface area contributed by atoms with Crippen molar-refractivity contribution in [1.29, 1.82) is 0 Å². The van der Waals surface area contributed by atoms with Gasteiger partial charge in [-0.05, 0) is 52.3 Å². The van der Waals surface area contributed by atoms with Gasteiger partial charge < -0.3 is 5.73 Å². The van der Waals surface area contributed by atoms with Gasteiger partial charge in [0.05, 0.1) is 16.7 Å². The molecule has 1 aromatic heterocycles. The maximum absolute atomic E-state index is 6.05. The molecule has 3 rings (SSSR count). The molecule has 2 aromatic carbocycles. The zero-order valence-corrected chi connectivity index (χ0v) is 14.3. The molecule has 0 saturated heterocycles. The molecule has 0 spiro atoms. The lowest BCUT2D eigenvalue weighted by atomic mass is 10.3. The lowest BCUT2D eigenvalue weighted by molar-refractivity contribution is 1.10. The Hall–Kier alpha value is -0.850. The summed E-state index contributed by atoms with van der Waals surface area (Å²) in [6, 6.07) is 11.9. The van der Waals surface area contributed by atoms with Crippen LogP contribution >= 0.6 is 47.8 Å². The van der Waals surface area contributed by atoms with E-state index in [0.717, 1.165) is 30.1 Å². The predicted octanol–water partition coefficient (Wildman–Crippen LogP) is 4.90. The maximum Gasteiger partial charge on any atom is 0.205 e. The molecular formula is C13H8Br3N3. The SMILES string of the molecule is Nc1nc2ccc(Br)cc2n1-c1cc(Br)ccc1Br. The molecule has 0 saturated carbocycles. The van der Waals surface area contributed by atoms with Gasteiger partial charge in [-0.1, -0.05) is 31.9 Å². The van der Waals surface area contributed by atoms with E-state index in [1.165, 1.54) is 0 Å². The van der Waals surface area contributed by atoms with E-state index < -0.39 is 0 Å². The zero-order chi connectivity index (χ0) is 13.6. The Kier molecular flexibility index (Phi) is 3.41. The summed E-state index contributed by atoms with van der Waals surface area (Å²) in [6.45, 7) is 0. The first-order valence-electron chi connectivity index (χ1n) is 5.45. The zero-order valence-electron chi connectivity index (χ0n) is 9.57. The van der Waals surface area contributed by atoms with Gasteiger partial charge in [-0.15, -0.1) is 0 Å². The van der Waals surface area contributed by atoms with Crippen LogP contribution in [0.25, 0.3) is 16.7 Å². The van der Waals surface area contributed by atoms with E-state index in [2.05, 4.69) is 52.8 Å². The Morgan fingerprint density at radius 2 is 1.63 bits per heavy atom. The standard InChI is InChI=1S/C13H8Br3N3/c14-7-1-3-9(16)11(5-7)19-12-6-8(15)2-4-10(12)18-13(19)17/h1-6H,(H2,17,18).